The minimum atomic E-state index is -0.698. The summed E-state index contributed by atoms with van der Waals surface area (Å²) in [6.07, 6.45) is 12.4. The normalized spacial score (nSPS) is 23.6. The van der Waals surface area contributed by atoms with Crippen molar-refractivity contribution in [3.8, 4) is 11.4 Å². The molecule has 6 rings (SSSR count). The lowest BCUT2D eigenvalue weighted by atomic mass is 9.50. The number of carboxylic acids is 1. The van der Waals surface area contributed by atoms with Gasteiger partial charge in [0.1, 0.15) is 0 Å². The van der Waals surface area contributed by atoms with Crippen molar-refractivity contribution in [1.29, 1.82) is 0 Å². The van der Waals surface area contributed by atoms with Gasteiger partial charge in [0.05, 0.1) is 40.0 Å². The Hall–Kier alpha value is -3.53. The largest absolute Gasteiger partial charge is 0.481 e. The second-order valence-corrected chi connectivity index (χ2v) is 10.6. The SMILES string of the molecule is Cn1cc(-c2ncc(Cn3ccc4scc(C(=O)NC5CC6(C5)CC(C(=O)O)C6)c43)cn2)cn1. The highest BCUT2D eigenvalue weighted by Crippen LogP contribution is 2.58. The van der Waals surface area contributed by atoms with Gasteiger partial charge in [0.15, 0.2) is 5.82 Å². The van der Waals surface area contributed by atoms with Crippen molar-refractivity contribution < 1.29 is 14.7 Å². The number of amides is 1. The molecule has 2 fully saturated rings. The zero-order valence-corrected chi connectivity index (χ0v) is 19.5. The maximum absolute atomic E-state index is 13.1. The third-order valence-corrected chi connectivity index (χ3v) is 8.09. The Kier molecular flexibility index (Phi) is 4.80. The Morgan fingerprint density at radius 3 is 2.65 bits per heavy atom. The predicted molar refractivity (Wildman–Crippen MR) is 126 cm³/mol. The minimum Gasteiger partial charge on any atom is -0.481 e. The van der Waals surface area contributed by atoms with Crippen LogP contribution in [-0.4, -0.2) is 47.3 Å². The van der Waals surface area contributed by atoms with Crippen LogP contribution in [0.4, 0.5) is 0 Å². The van der Waals surface area contributed by atoms with Gasteiger partial charge in [-0.25, -0.2) is 9.97 Å². The summed E-state index contributed by atoms with van der Waals surface area (Å²) in [4.78, 5) is 33.1. The fraction of sp³-hybridized carbons (Fsp3) is 0.375. The van der Waals surface area contributed by atoms with Crippen molar-refractivity contribution in [1.82, 2.24) is 29.6 Å². The van der Waals surface area contributed by atoms with Crippen molar-refractivity contribution in [2.45, 2.75) is 38.3 Å². The van der Waals surface area contributed by atoms with Crippen LogP contribution < -0.4 is 5.32 Å². The Bertz CT molecular complexity index is 1390. The number of rotatable bonds is 6. The van der Waals surface area contributed by atoms with E-state index in [2.05, 4.69) is 25.0 Å². The predicted octanol–water partition coefficient (Wildman–Crippen LogP) is 3.31. The molecule has 2 N–H and O–H groups in total. The topological polar surface area (TPSA) is 115 Å². The van der Waals surface area contributed by atoms with Crippen LogP contribution in [0.1, 0.15) is 41.6 Å². The minimum absolute atomic E-state index is 0.0664. The van der Waals surface area contributed by atoms with Crippen molar-refractivity contribution in [2.75, 3.05) is 0 Å². The third kappa shape index (κ3) is 3.58. The Morgan fingerprint density at radius 1 is 1.21 bits per heavy atom. The summed E-state index contributed by atoms with van der Waals surface area (Å²) in [5.74, 6) is -0.344. The fourth-order valence-electron chi connectivity index (χ4n) is 5.47. The van der Waals surface area contributed by atoms with Crippen LogP contribution in [0.5, 0.6) is 0 Å². The molecular weight excluding hydrogens is 452 g/mol. The molecule has 9 nitrogen and oxygen atoms in total. The third-order valence-electron chi connectivity index (χ3n) is 7.15. The lowest BCUT2D eigenvalue weighted by molar-refractivity contribution is -0.155. The van der Waals surface area contributed by atoms with E-state index >= 15 is 0 Å². The number of carbonyl (C=O) groups excluding carboxylic acids is 1. The van der Waals surface area contributed by atoms with Crippen molar-refractivity contribution in [2.24, 2.45) is 18.4 Å². The number of hydrogen-bond donors (Lipinski definition) is 2. The van der Waals surface area contributed by atoms with Gasteiger partial charge in [0.25, 0.3) is 5.91 Å². The summed E-state index contributed by atoms with van der Waals surface area (Å²) >= 11 is 1.56. The van der Waals surface area contributed by atoms with Crippen molar-refractivity contribution in [3.05, 3.63) is 53.6 Å². The number of carboxylic acid groups (broad SMARTS) is 1. The van der Waals surface area contributed by atoms with Gasteiger partial charge in [-0.2, -0.15) is 5.10 Å². The first-order valence-electron chi connectivity index (χ1n) is 11.3. The molecule has 174 valence electrons. The maximum Gasteiger partial charge on any atom is 0.306 e. The zero-order valence-electron chi connectivity index (χ0n) is 18.6. The average Bonchev–Trinajstić information content (AvgIpc) is 3.47. The molecule has 4 aromatic rings. The monoisotopic (exact) mass is 476 g/mol. The molecule has 4 heterocycles. The molecule has 34 heavy (non-hydrogen) atoms. The number of aromatic nitrogens is 5. The number of carbonyl (C=O) groups is 2. The second-order valence-electron chi connectivity index (χ2n) is 9.65. The van der Waals surface area contributed by atoms with E-state index in [0.29, 0.717) is 17.9 Å². The van der Waals surface area contributed by atoms with Crippen LogP contribution in [0.25, 0.3) is 21.6 Å². The molecule has 0 radical (unpaired) electrons. The van der Waals surface area contributed by atoms with E-state index in [4.69, 9.17) is 5.11 Å². The van der Waals surface area contributed by atoms with Gasteiger partial charge in [-0.05, 0) is 37.2 Å². The molecule has 2 aliphatic carbocycles. The molecular formula is C24H24N6O3S. The van der Waals surface area contributed by atoms with Gasteiger partial charge >= 0.3 is 5.97 Å². The van der Waals surface area contributed by atoms with E-state index in [0.717, 1.165) is 47.0 Å². The smallest absolute Gasteiger partial charge is 0.306 e. The summed E-state index contributed by atoms with van der Waals surface area (Å²) in [6.45, 7) is 0.566. The van der Waals surface area contributed by atoms with Crippen molar-refractivity contribution in [3.63, 3.8) is 0 Å². The summed E-state index contributed by atoms with van der Waals surface area (Å²) in [5, 5.41) is 18.4. The van der Waals surface area contributed by atoms with Gasteiger partial charge < -0.3 is 15.0 Å². The molecule has 4 aromatic heterocycles. The Morgan fingerprint density at radius 2 is 1.97 bits per heavy atom. The fourth-order valence-corrected chi connectivity index (χ4v) is 6.41. The van der Waals surface area contributed by atoms with Gasteiger partial charge in [0.2, 0.25) is 0 Å². The summed E-state index contributed by atoms with van der Waals surface area (Å²) in [6, 6.07) is 2.15. The zero-order chi connectivity index (χ0) is 23.4. The number of aliphatic carboxylic acids is 1. The van der Waals surface area contributed by atoms with Crippen LogP contribution in [-0.2, 0) is 18.4 Å². The van der Waals surface area contributed by atoms with Crippen LogP contribution in [0.3, 0.4) is 0 Å². The van der Waals surface area contributed by atoms with Crippen LogP contribution >= 0.6 is 11.3 Å². The highest BCUT2D eigenvalue weighted by atomic mass is 32.1. The lowest BCUT2D eigenvalue weighted by Gasteiger charge is -2.56. The van der Waals surface area contributed by atoms with Gasteiger partial charge in [-0.1, -0.05) is 0 Å². The highest BCUT2D eigenvalue weighted by molar-refractivity contribution is 7.17. The number of fused-ring (bicyclic) bond motifs is 1. The van der Waals surface area contributed by atoms with E-state index in [1.807, 2.05) is 43.3 Å². The number of hydrogen-bond acceptors (Lipinski definition) is 6. The maximum atomic E-state index is 13.1. The quantitative estimate of drug-likeness (QED) is 0.441. The number of nitrogens with one attached hydrogen (secondary N) is 1. The molecule has 0 unspecified atom stereocenters. The van der Waals surface area contributed by atoms with E-state index in [1.165, 1.54) is 0 Å². The average molecular weight is 477 g/mol. The van der Waals surface area contributed by atoms with Crippen LogP contribution in [0, 0.1) is 11.3 Å². The number of aryl methyl sites for hydroxylation is 1. The molecule has 0 aliphatic heterocycles. The molecule has 2 aliphatic rings. The molecule has 0 bridgehead atoms. The van der Waals surface area contributed by atoms with Crippen LogP contribution in [0.15, 0.2) is 42.4 Å². The van der Waals surface area contributed by atoms with Gasteiger partial charge in [0, 0.05) is 48.8 Å². The molecule has 1 spiro atoms. The van der Waals surface area contributed by atoms with Gasteiger partial charge in [-0.15, -0.1) is 11.3 Å². The lowest BCUT2D eigenvalue weighted by Crippen LogP contribution is -2.57. The van der Waals surface area contributed by atoms with Gasteiger partial charge in [-0.3, -0.25) is 14.3 Å². The molecule has 0 aromatic carbocycles. The summed E-state index contributed by atoms with van der Waals surface area (Å²) in [7, 11) is 1.86. The van der Waals surface area contributed by atoms with E-state index in [-0.39, 0.29) is 23.3 Å². The first kappa shape index (κ1) is 21.0. The Balaban J connectivity index is 1.14. The number of thiophene rings is 1. The number of nitrogens with zero attached hydrogens (tertiary/aromatic N) is 5. The van der Waals surface area contributed by atoms with Crippen molar-refractivity contribution >= 4 is 33.4 Å². The molecule has 0 atom stereocenters. The second kappa shape index (κ2) is 7.76. The molecule has 1 amide bonds. The summed E-state index contributed by atoms with van der Waals surface area (Å²) < 4.78 is 4.84. The van der Waals surface area contributed by atoms with E-state index < -0.39 is 5.97 Å². The highest BCUT2D eigenvalue weighted by Gasteiger charge is 2.55. The van der Waals surface area contributed by atoms with E-state index in [9.17, 15) is 9.59 Å². The van der Waals surface area contributed by atoms with E-state index in [1.54, 1.807) is 22.2 Å². The molecule has 0 saturated heterocycles. The summed E-state index contributed by atoms with van der Waals surface area (Å²) in [5.41, 5.74) is 3.54. The Labute approximate surface area is 199 Å². The van der Waals surface area contributed by atoms with Crippen LogP contribution in [0.2, 0.25) is 0 Å². The first-order chi connectivity index (χ1) is 16.4. The molecule has 10 heteroatoms. The standard InChI is InChI=1S/C24H24N6O3S/c1-29-12-16(10-27-29)21-25-8-14(9-26-21)11-30-3-2-19-20(30)18(13-34-19)22(31)28-17-6-24(7-17)4-15(5-24)23(32)33/h2-3,8-10,12-13,15,17H,4-7,11H2,1H3,(H,28,31)(H,32,33). The first-order valence-corrected chi connectivity index (χ1v) is 12.2. The molecule has 2 saturated carbocycles.